The Hall–Kier alpha value is -3.03. The zero-order valence-corrected chi connectivity index (χ0v) is 15.1. The Morgan fingerprint density at radius 3 is 2.59 bits per heavy atom. The van der Waals surface area contributed by atoms with E-state index in [1.807, 2.05) is 0 Å². The van der Waals surface area contributed by atoms with Crippen molar-refractivity contribution < 1.29 is 24.2 Å². The Labute approximate surface area is 156 Å². The summed E-state index contributed by atoms with van der Waals surface area (Å²) in [5.41, 5.74) is 1.39. The predicted octanol–water partition coefficient (Wildman–Crippen LogP) is 2.14. The summed E-state index contributed by atoms with van der Waals surface area (Å²) in [6, 6.07) is 5.46. The number of aromatic nitrogens is 2. The number of hydrogen-bond donors (Lipinski definition) is 1. The Kier molecular flexibility index (Phi) is 4.47. The van der Waals surface area contributed by atoms with E-state index >= 15 is 0 Å². The number of carboxylic acids is 1. The highest BCUT2D eigenvalue weighted by Crippen LogP contribution is 2.35. The number of fused-ring (bicyclic) bond motifs is 1. The zero-order chi connectivity index (χ0) is 19.0. The number of carbonyl (C=O) groups excluding carboxylic acids is 1. The van der Waals surface area contributed by atoms with Crippen molar-refractivity contribution in [3.05, 3.63) is 41.2 Å². The smallest absolute Gasteiger partial charge is 0.339 e. The van der Waals surface area contributed by atoms with Crippen LogP contribution in [0.1, 0.15) is 45.3 Å². The number of ether oxygens (including phenoxy) is 2. The number of aromatic carboxylic acids is 1. The van der Waals surface area contributed by atoms with Crippen molar-refractivity contribution in [3.63, 3.8) is 0 Å². The zero-order valence-electron chi connectivity index (χ0n) is 15.1. The summed E-state index contributed by atoms with van der Waals surface area (Å²) < 4.78 is 13.0. The summed E-state index contributed by atoms with van der Waals surface area (Å²) in [4.78, 5) is 26.0. The number of para-hydroxylation sites is 1. The molecule has 27 heavy (non-hydrogen) atoms. The first-order chi connectivity index (χ1) is 13.1. The molecular formula is C19H21N3O5. The third-order valence-electron chi connectivity index (χ3n) is 5.17. The van der Waals surface area contributed by atoms with Gasteiger partial charge in [0.15, 0.2) is 11.5 Å². The fraction of sp³-hybridized carbons (Fsp3) is 0.421. The van der Waals surface area contributed by atoms with Crippen molar-refractivity contribution in [2.75, 3.05) is 26.3 Å². The normalized spacial score (nSPS) is 17.0. The Balaban J connectivity index is 1.47. The van der Waals surface area contributed by atoms with E-state index in [1.165, 1.54) is 6.20 Å². The first-order valence-corrected chi connectivity index (χ1v) is 9.01. The molecule has 0 radical (unpaired) electrons. The second-order valence-corrected chi connectivity index (χ2v) is 6.75. The van der Waals surface area contributed by atoms with Crippen LogP contribution in [-0.2, 0) is 0 Å². The van der Waals surface area contributed by atoms with Gasteiger partial charge >= 0.3 is 5.97 Å². The number of nitrogens with zero attached hydrogens (tertiary/aromatic N) is 3. The van der Waals surface area contributed by atoms with Crippen molar-refractivity contribution in [1.82, 2.24) is 14.7 Å². The molecule has 8 nitrogen and oxygen atoms in total. The molecule has 2 aliphatic heterocycles. The average molecular weight is 371 g/mol. The van der Waals surface area contributed by atoms with Crippen LogP contribution >= 0.6 is 0 Å². The number of hydrogen-bond acceptors (Lipinski definition) is 5. The number of rotatable bonds is 3. The Bertz CT molecular complexity index is 883. The van der Waals surface area contributed by atoms with Crippen LogP contribution in [0, 0.1) is 6.92 Å². The van der Waals surface area contributed by atoms with Gasteiger partial charge in [0.25, 0.3) is 5.91 Å². The lowest BCUT2D eigenvalue weighted by molar-refractivity contribution is 0.0678. The Morgan fingerprint density at radius 2 is 1.89 bits per heavy atom. The van der Waals surface area contributed by atoms with E-state index in [0.29, 0.717) is 49.1 Å². The summed E-state index contributed by atoms with van der Waals surface area (Å²) in [6.45, 7) is 3.84. The molecule has 8 heteroatoms. The van der Waals surface area contributed by atoms with E-state index in [-0.39, 0.29) is 17.5 Å². The predicted molar refractivity (Wildman–Crippen MR) is 95.5 cm³/mol. The molecule has 2 aliphatic rings. The molecule has 0 unspecified atom stereocenters. The molecule has 1 fully saturated rings. The summed E-state index contributed by atoms with van der Waals surface area (Å²) in [5.74, 6) is 0.0851. The van der Waals surface area contributed by atoms with Crippen molar-refractivity contribution in [2.24, 2.45) is 0 Å². The van der Waals surface area contributed by atoms with Crippen LogP contribution in [0.4, 0.5) is 0 Å². The molecule has 1 aromatic heterocycles. The molecule has 3 heterocycles. The van der Waals surface area contributed by atoms with Crippen molar-refractivity contribution in [2.45, 2.75) is 25.8 Å². The molecule has 0 atom stereocenters. The van der Waals surface area contributed by atoms with Gasteiger partial charge in [0, 0.05) is 13.1 Å². The van der Waals surface area contributed by atoms with Gasteiger partial charge in [-0.1, -0.05) is 6.07 Å². The van der Waals surface area contributed by atoms with E-state index in [1.54, 1.807) is 34.7 Å². The molecule has 1 saturated heterocycles. The quantitative estimate of drug-likeness (QED) is 0.888. The first-order valence-electron chi connectivity index (χ1n) is 9.01. The molecule has 2 aromatic rings. The summed E-state index contributed by atoms with van der Waals surface area (Å²) in [7, 11) is 0. The molecule has 0 aliphatic carbocycles. The molecule has 0 bridgehead atoms. The fourth-order valence-electron chi connectivity index (χ4n) is 3.73. The van der Waals surface area contributed by atoms with Gasteiger partial charge in [-0.3, -0.25) is 9.48 Å². The first kappa shape index (κ1) is 17.4. The van der Waals surface area contributed by atoms with Crippen LogP contribution in [0.5, 0.6) is 11.5 Å². The van der Waals surface area contributed by atoms with Crippen molar-refractivity contribution in [3.8, 4) is 11.5 Å². The number of amides is 1. The van der Waals surface area contributed by atoms with Gasteiger partial charge in [-0.15, -0.1) is 0 Å². The molecule has 1 N–H and O–H groups in total. The maximum absolute atomic E-state index is 13.0. The van der Waals surface area contributed by atoms with Crippen molar-refractivity contribution in [1.29, 1.82) is 0 Å². The SMILES string of the molecule is Cc1c(C(=O)O)cnn1C1CCN(C(=O)c2cccc3c2OCCO3)CC1. The minimum absolute atomic E-state index is 0.0702. The fourth-order valence-corrected chi connectivity index (χ4v) is 3.73. The number of carboxylic acid groups (broad SMARTS) is 1. The van der Waals surface area contributed by atoms with Crippen LogP contribution in [0.3, 0.4) is 0 Å². The lowest BCUT2D eigenvalue weighted by atomic mass is 10.0. The molecule has 0 spiro atoms. The van der Waals surface area contributed by atoms with Gasteiger partial charge in [-0.25, -0.2) is 4.79 Å². The van der Waals surface area contributed by atoms with Crippen LogP contribution in [0.15, 0.2) is 24.4 Å². The highest BCUT2D eigenvalue weighted by Gasteiger charge is 2.29. The molecule has 1 amide bonds. The van der Waals surface area contributed by atoms with Gasteiger partial charge in [-0.05, 0) is 31.9 Å². The molecule has 142 valence electrons. The maximum Gasteiger partial charge on any atom is 0.339 e. The standard InChI is InChI=1S/C19H21N3O5/c1-12-15(19(24)25)11-20-22(12)13-5-7-21(8-6-13)18(23)14-3-2-4-16-17(14)27-10-9-26-16/h2-4,11,13H,5-10H2,1H3,(H,24,25). The number of piperidine rings is 1. The summed E-state index contributed by atoms with van der Waals surface area (Å²) in [6.07, 6.45) is 2.84. The second kappa shape index (κ2) is 6.94. The molecule has 4 rings (SSSR count). The molecular weight excluding hydrogens is 350 g/mol. The summed E-state index contributed by atoms with van der Waals surface area (Å²) >= 11 is 0. The van der Waals surface area contributed by atoms with E-state index in [0.717, 1.165) is 12.8 Å². The van der Waals surface area contributed by atoms with E-state index in [4.69, 9.17) is 9.47 Å². The molecule has 1 aromatic carbocycles. The topological polar surface area (TPSA) is 93.9 Å². The summed E-state index contributed by atoms with van der Waals surface area (Å²) in [5, 5.41) is 13.4. The third kappa shape index (κ3) is 3.11. The highest BCUT2D eigenvalue weighted by atomic mass is 16.6. The lowest BCUT2D eigenvalue weighted by Gasteiger charge is -2.33. The van der Waals surface area contributed by atoms with Gasteiger partial charge < -0.3 is 19.5 Å². The van der Waals surface area contributed by atoms with Crippen LogP contribution in [-0.4, -0.2) is 58.0 Å². The maximum atomic E-state index is 13.0. The highest BCUT2D eigenvalue weighted by molar-refractivity contribution is 5.98. The van der Waals surface area contributed by atoms with Crippen LogP contribution in [0.2, 0.25) is 0 Å². The minimum Gasteiger partial charge on any atom is -0.486 e. The van der Waals surface area contributed by atoms with Crippen LogP contribution < -0.4 is 9.47 Å². The monoisotopic (exact) mass is 371 g/mol. The minimum atomic E-state index is -0.970. The number of likely N-dealkylation sites (tertiary alicyclic amines) is 1. The van der Waals surface area contributed by atoms with E-state index < -0.39 is 5.97 Å². The van der Waals surface area contributed by atoms with Gasteiger partial charge in [-0.2, -0.15) is 5.10 Å². The lowest BCUT2D eigenvalue weighted by Crippen LogP contribution is -2.39. The number of carbonyl (C=O) groups is 2. The van der Waals surface area contributed by atoms with Crippen LogP contribution in [0.25, 0.3) is 0 Å². The van der Waals surface area contributed by atoms with Gasteiger partial charge in [0.05, 0.1) is 23.5 Å². The third-order valence-corrected chi connectivity index (χ3v) is 5.17. The van der Waals surface area contributed by atoms with Gasteiger partial charge in [0.2, 0.25) is 0 Å². The van der Waals surface area contributed by atoms with Gasteiger partial charge in [0.1, 0.15) is 18.8 Å². The molecule has 0 saturated carbocycles. The van der Waals surface area contributed by atoms with Crippen molar-refractivity contribution >= 4 is 11.9 Å². The average Bonchev–Trinajstić information content (AvgIpc) is 3.09. The largest absolute Gasteiger partial charge is 0.486 e. The Morgan fingerprint density at radius 1 is 1.15 bits per heavy atom. The van der Waals surface area contributed by atoms with E-state index in [9.17, 15) is 14.7 Å². The second-order valence-electron chi connectivity index (χ2n) is 6.75. The number of benzene rings is 1. The van der Waals surface area contributed by atoms with E-state index in [2.05, 4.69) is 5.10 Å².